The predicted molar refractivity (Wildman–Crippen MR) is 149 cm³/mol. The smallest absolute Gasteiger partial charge is 0.253 e. The van der Waals surface area contributed by atoms with Crippen molar-refractivity contribution >= 4 is 10.9 Å². The third-order valence-electron chi connectivity index (χ3n) is 7.10. The Hall–Kier alpha value is -4.54. The summed E-state index contributed by atoms with van der Waals surface area (Å²) >= 11 is 0. The predicted octanol–water partition coefficient (Wildman–Crippen LogP) is 3.72. The number of rotatable bonds is 11. The maximum absolute atomic E-state index is 13.8. The largest absolute Gasteiger partial charge is 0.454 e. The van der Waals surface area contributed by atoms with Crippen molar-refractivity contribution in [1.29, 1.82) is 0 Å². The number of aromatic nitrogens is 5. The van der Waals surface area contributed by atoms with E-state index in [0.29, 0.717) is 54.6 Å². The lowest BCUT2D eigenvalue weighted by Gasteiger charge is -2.31. The molecule has 1 atom stereocenters. The quantitative estimate of drug-likeness (QED) is 0.271. The third-order valence-corrected chi connectivity index (χ3v) is 7.10. The Balaban J connectivity index is 1.48. The zero-order valence-corrected chi connectivity index (χ0v) is 22.2. The molecule has 5 aromatic rings. The Kier molecular flexibility index (Phi) is 7.51. The minimum Gasteiger partial charge on any atom is -0.454 e. The van der Waals surface area contributed by atoms with Gasteiger partial charge in [0.2, 0.25) is 6.79 Å². The second-order valence-electron chi connectivity index (χ2n) is 9.69. The van der Waals surface area contributed by atoms with Crippen LogP contribution in [0.15, 0.2) is 83.7 Å². The number of fused-ring (bicyclic) bond motifs is 2. The molecule has 2 aromatic heterocycles. The van der Waals surface area contributed by atoms with Crippen molar-refractivity contribution in [2.24, 2.45) is 0 Å². The van der Waals surface area contributed by atoms with E-state index in [2.05, 4.69) is 49.7 Å². The monoisotopic (exact) mass is 538 g/mol. The van der Waals surface area contributed by atoms with Crippen LogP contribution in [0.5, 0.6) is 11.5 Å². The van der Waals surface area contributed by atoms with E-state index in [0.717, 1.165) is 17.4 Å². The molecule has 10 nitrogen and oxygen atoms in total. The van der Waals surface area contributed by atoms with Gasteiger partial charge in [-0.1, -0.05) is 60.7 Å². The second-order valence-corrected chi connectivity index (χ2v) is 9.69. The van der Waals surface area contributed by atoms with E-state index in [1.807, 2.05) is 48.5 Å². The van der Waals surface area contributed by atoms with Crippen molar-refractivity contribution in [1.82, 2.24) is 30.1 Å². The number of pyridine rings is 1. The van der Waals surface area contributed by atoms with Crippen LogP contribution in [-0.4, -0.2) is 57.1 Å². The Morgan fingerprint density at radius 3 is 2.48 bits per heavy atom. The van der Waals surface area contributed by atoms with E-state index >= 15 is 0 Å². The van der Waals surface area contributed by atoms with Crippen LogP contribution in [0, 0.1) is 0 Å². The fourth-order valence-electron chi connectivity index (χ4n) is 5.09. The Morgan fingerprint density at radius 2 is 1.73 bits per heavy atom. The Bertz CT molecular complexity index is 1640. The van der Waals surface area contributed by atoms with Crippen LogP contribution in [0.1, 0.15) is 28.6 Å². The standard InChI is InChI=1S/C30H30N6O4/c1-38-15-14-36-29(32-33-34-36)28(24-16-23-17-26-27(40-20-39-26)18-25(23)31-30(24)37)35(19-22-10-6-3-7-11-22)13-12-21-8-4-2-5-9-21/h2-11,16-18,28H,12-15,19-20H2,1H3,(H,31,37). The lowest BCUT2D eigenvalue weighted by Crippen LogP contribution is -2.36. The molecule has 0 bridgehead atoms. The molecule has 0 fully saturated rings. The van der Waals surface area contributed by atoms with E-state index in [1.54, 1.807) is 17.9 Å². The number of nitrogens with zero attached hydrogens (tertiary/aromatic N) is 5. The summed E-state index contributed by atoms with van der Waals surface area (Å²) in [6, 6.07) is 25.6. The minimum atomic E-state index is -0.533. The zero-order chi connectivity index (χ0) is 27.3. The van der Waals surface area contributed by atoms with E-state index in [-0.39, 0.29) is 12.4 Å². The summed E-state index contributed by atoms with van der Waals surface area (Å²) < 4.78 is 18.2. The molecule has 1 N–H and O–H groups in total. The molecule has 40 heavy (non-hydrogen) atoms. The van der Waals surface area contributed by atoms with Gasteiger partial charge in [-0.15, -0.1) is 5.10 Å². The number of aromatic amines is 1. The summed E-state index contributed by atoms with van der Waals surface area (Å²) in [7, 11) is 1.64. The van der Waals surface area contributed by atoms with Crippen molar-refractivity contribution in [3.63, 3.8) is 0 Å². The first kappa shape index (κ1) is 25.7. The molecule has 0 aliphatic carbocycles. The van der Waals surface area contributed by atoms with Crippen LogP contribution >= 0.6 is 0 Å². The molecular formula is C30H30N6O4. The van der Waals surface area contributed by atoms with Crippen molar-refractivity contribution < 1.29 is 14.2 Å². The minimum absolute atomic E-state index is 0.157. The number of ether oxygens (including phenoxy) is 3. The molecule has 1 unspecified atom stereocenters. The van der Waals surface area contributed by atoms with Gasteiger partial charge in [0.1, 0.15) is 6.04 Å². The fourth-order valence-corrected chi connectivity index (χ4v) is 5.09. The molecule has 0 saturated heterocycles. The van der Waals surface area contributed by atoms with E-state index < -0.39 is 6.04 Å². The van der Waals surface area contributed by atoms with Crippen LogP contribution in [0.3, 0.4) is 0 Å². The average Bonchev–Trinajstić information content (AvgIpc) is 3.64. The highest BCUT2D eigenvalue weighted by Gasteiger charge is 2.31. The molecule has 3 aromatic carbocycles. The first-order chi connectivity index (χ1) is 19.7. The number of hydrogen-bond acceptors (Lipinski definition) is 8. The summed E-state index contributed by atoms with van der Waals surface area (Å²) in [5.74, 6) is 1.84. The van der Waals surface area contributed by atoms with Crippen molar-refractivity contribution in [2.45, 2.75) is 25.6 Å². The van der Waals surface area contributed by atoms with Gasteiger partial charge in [-0.2, -0.15) is 0 Å². The van der Waals surface area contributed by atoms with Gasteiger partial charge in [0.15, 0.2) is 17.3 Å². The molecule has 3 heterocycles. The van der Waals surface area contributed by atoms with Crippen LogP contribution in [-0.2, 0) is 24.2 Å². The molecule has 0 spiro atoms. The number of benzene rings is 3. The molecular weight excluding hydrogens is 508 g/mol. The molecule has 6 rings (SSSR count). The van der Waals surface area contributed by atoms with E-state index in [4.69, 9.17) is 14.2 Å². The summed E-state index contributed by atoms with van der Waals surface area (Å²) in [6.07, 6.45) is 0.786. The summed E-state index contributed by atoms with van der Waals surface area (Å²) in [4.78, 5) is 19.1. The molecule has 10 heteroatoms. The molecule has 1 aliphatic rings. The lowest BCUT2D eigenvalue weighted by atomic mass is 10.0. The number of H-pyrrole nitrogens is 1. The fraction of sp³-hybridized carbons (Fsp3) is 0.267. The third kappa shape index (κ3) is 5.45. The van der Waals surface area contributed by atoms with Gasteiger partial charge < -0.3 is 19.2 Å². The van der Waals surface area contributed by atoms with Crippen molar-refractivity contribution in [2.75, 3.05) is 27.1 Å². The molecule has 1 aliphatic heterocycles. The SMILES string of the molecule is COCCn1nnnc1C(c1cc2cc3c(cc2[nH]c1=O)OCO3)N(CCc1ccccc1)Cc1ccccc1. The van der Waals surface area contributed by atoms with Gasteiger partial charge in [-0.25, -0.2) is 4.68 Å². The van der Waals surface area contributed by atoms with Gasteiger partial charge in [0.05, 0.1) is 18.7 Å². The first-order valence-electron chi connectivity index (χ1n) is 13.2. The maximum Gasteiger partial charge on any atom is 0.253 e. The van der Waals surface area contributed by atoms with Gasteiger partial charge in [-0.05, 0) is 40.1 Å². The molecule has 204 valence electrons. The van der Waals surface area contributed by atoms with Gasteiger partial charge in [0.25, 0.3) is 5.56 Å². The Labute approximate surface area is 231 Å². The first-order valence-corrected chi connectivity index (χ1v) is 13.2. The lowest BCUT2D eigenvalue weighted by molar-refractivity contribution is 0.172. The zero-order valence-electron chi connectivity index (χ0n) is 22.2. The van der Waals surface area contributed by atoms with Crippen LogP contribution in [0.25, 0.3) is 10.9 Å². The second kappa shape index (κ2) is 11.7. The van der Waals surface area contributed by atoms with Crippen LogP contribution in [0.4, 0.5) is 0 Å². The highest BCUT2D eigenvalue weighted by molar-refractivity contribution is 5.83. The summed E-state index contributed by atoms with van der Waals surface area (Å²) in [6.45, 7) is 2.31. The number of tetrazole rings is 1. The number of methoxy groups -OCH3 is 1. The highest BCUT2D eigenvalue weighted by Crippen LogP contribution is 2.36. The number of nitrogens with one attached hydrogen (secondary N) is 1. The van der Waals surface area contributed by atoms with Gasteiger partial charge in [-0.3, -0.25) is 9.69 Å². The average molecular weight is 539 g/mol. The molecule has 0 saturated carbocycles. The van der Waals surface area contributed by atoms with E-state index in [9.17, 15) is 4.79 Å². The van der Waals surface area contributed by atoms with Crippen molar-refractivity contribution in [3.8, 4) is 11.5 Å². The number of hydrogen-bond donors (Lipinski definition) is 1. The highest BCUT2D eigenvalue weighted by atomic mass is 16.7. The van der Waals surface area contributed by atoms with E-state index in [1.165, 1.54) is 5.56 Å². The Morgan fingerprint density at radius 1 is 1.00 bits per heavy atom. The summed E-state index contributed by atoms with van der Waals surface area (Å²) in [5, 5.41) is 13.5. The normalized spacial score (nSPS) is 13.2. The summed E-state index contributed by atoms with van der Waals surface area (Å²) in [5.41, 5.74) is 3.34. The van der Waals surface area contributed by atoms with Gasteiger partial charge in [0, 0.05) is 37.2 Å². The topological polar surface area (TPSA) is 107 Å². The van der Waals surface area contributed by atoms with Crippen LogP contribution < -0.4 is 15.0 Å². The van der Waals surface area contributed by atoms with Crippen LogP contribution in [0.2, 0.25) is 0 Å². The van der Waals surface area contributed by atoms with Gasteiger partial charge >= 0.3 is 0 Å². The maximum atomic E-state index is 13.8. The molecule has 0 amide bonds. The van der Waals surface area contributed by atoms with Crippen molar-refractivity contribution in [3.05, 3.63) is 112 Å². The molecule has 0 radical (unpaired) electrons.